The van der Waals surface area contributed by atoms with Crippen molar-refractivity contribution in [3.05, 3.63) is 46.2 Å². The van der Waals surface area contributed by atoms with Crippen molar-refractivity contribution in [1.29, 1.82) is 0 Å². The van der Waals surface area contributed by atoms with Crippen LogP contribution < -0.4 is 15.2 Å². The number of thiophene rings is 1. The van der Waals surface area contributed by atoms with Crippen molar-refractivity contribution >= 4 is 11.3 Å². The lowest BCUT2D eigenvalue weighted by Gasteiger charge is -2.18. The quantitative estimate of drug-likeness (QED) is 0.878. The minimum atomic E-state index is -0.125. The number of ether oxygens (including phenoxy) is 2. The second-order valence-electron chi connectivity index (χ2n) is 4.17. The van der Waals surface area contributed by atoms with Gasteiger partial charge in [-0.05, 0) is 38.1 Å². The van der Waals surface area contributed by atoms with Crippen molar-refractivity contribution in [3.63, 3.8) is 0 Å². The molecular formula is C15H19NO2S. The average molecular weight is 277 g/mol. The van der Waals surface area contributed by atoms with Crippen LogP contribution in [-0.4, -0.2) is 13.2 Å². The summed E-state index contributed by atoms with van der Waals surface area (Å²) in [6, 6.07) is 11.8. The van der Waals surface area contributed by atoms with Crippen molar-refractivity contribution in [2.24, 2.45) is 5.73 Å². The molecule has 2 rings (SSSR count). The van der Waals surface area contributed by atoms with E-state index in [4.69, 9.17) is 15.2 Å². The summed E-state index contributed by atoms with van der Waals surface area (Å²) in [7, 11) is 0. The third-order valence-electron chi connectivity index (χ3n) is 2.71. The van der Waals surface area contributed by atoms with Crippen molar-refractivity contribution in [3.8, 4) is 11.5 Å². The summed E-state index contributed by atoms with van der Waals surface area (Å²) in [5.74, 6) is 1.50. The molecule has 0 saturated heterocycles. The molecule has 0 aliphatic rings. The molecule has 3 nitrogen and oxygen atoms in total. The lowest BCUT2D eigenvalue weighted by molar-refractivity contribution is 0.203. The van der Waals surface area contributed by atoms with Crippen molar-refractivity contribution < 1.29 is 9.47 Å². The van der Waals surface area contributed by atoms with Gasteiger partial charge in [0.05, 0.1) is 6.61 Å². The Labute approximate surface area is 118 Å². The topological polar surface area (TPSA) is 44.5 Å². The lowest BCUT2D eigenvalue weighted by Crippen LogP contribution is -2.17. The van der Waals surface area contributed by atoms with E-state index in [9.17, 15) is 0 Å². The van der Waals surface area contributed by atoms with Crippen LogP contribution in [0.1, 0.15) is 22.8 Å². The smallest absolute Gasteiger partial charge is 0.162 e. The van der Waals surface area contributed by atoms with Gasteiger partial charge in [-0.3, -0.25) is 0 Å². The molecule has 2 aromatic rings. The fourth-order valence-corrected chi connectivity index (χ4v) is 2.74. The largest absolute Gasteiger partial charge is 0.490 e. The molecule has 0 fully saturated rings. The summed E-state index contributed by atoms with van der Waals surface area (Å²) in [6.45, 7) is 5.10. The zero-order valence-corrected chi connectivity index (χ0v) is 12.1. The minimum absolute atomic E-state index is 0.125. The molecule has 0 aliphatic carbocycles. The molecular weight excluding hydrogens is 258 g/mol. The van der Waals surface area contributed by atoms with Gasteiger partial charge in [0.2, 0.25) is 0 Å². The maximum atomic E-state index is 6.01. The predicted octanol–water partition coefficient (Wildman–Crippen LogP) is 3.53. The number of aryl methyl sites for hydroxylation is 1. The molecule has 4 heteroatoms. The third-order valence-corrected chi connectivity index (χ3v) is 3.80. The van der Waals surface area contributed by atoms with E-state index in [0.717, 1.165) is 16.4 Å². The van der Waals surface area contributed by atoms with Crippen molar-refractivity contribution in [1.82, 2.24) is 0 Å². The fourth-order valence-electron chi connectivity index (χ4n) is 1.82. The molecule has 1 aromatic heterocycles. The molecule has 1 unspecified atom stereocenters. The van der Waals surface area contributed by atoms with E-state index in [0.29, 0.717) is 13.2 Å². The van der Waals surface area contributed by atoms with E-state index in [-0.39, 0.29) is 6.10 Å². The molecule has 0 radical (unpaired) electrons. The molecule has 0 amide bonds. The number of rotatable bonds is 6. The highest BCUT2D eigenvalue weighted by atomic mass is 32.1. The van der Waals surface area contributed by atoms with Gasteiger partial charge < -0.3 is 15.2 Å². The van der Waals surface area contributed by atoms with Crippen LogP contribution in [0.3, 0.4) is 0 Å². The standard InChI is InChI=1S/C15H19NO2S/c1-3-17-12-6-4-5-7-13(12)18-14(10-16)15-9-8-11(2)19-15/h4-9,14H,3,10,16H2,1-2H3. The molecule has 2 N–H and O–H groups in total. The van der Waals surface area contributed by atoms with Crippen LogP contribution in [0.5, 0.6) is 11.5 Å². The number of hydrogen-bond acceptors (Lipinski definition) is 4. The first-order chi connectivity index (χ1) is 9.24. The van der Waals surface area contributed by atoms with Crippen LogP contribution in [0, 0.1) is 6.92 Å². The van der Waals surface area contributed by atoms with Crippen LogP contribution in [0.25, 0.3) is 0 Å². The summed E-state index contributed by atoms with van der Waals surface area (Å²) in [4.78, 5) is 2.40. The van der Waals surface area contributed by atoms with Crippen molar-refractivity contribution in [2.45, 2.75) is 20.0 Å². The molecule has 1 aromatic carbocycles. The summed E-state index contributed by atoms with van der Waals surface area (Å²) in [6.07, 6.45) is -0.125. The van der Waals surface area contributed by atoms with Crippen LogP contribution >= 0.6 is 11.3 Å². The first-order valence-corrected chi connectivity index (χ1v) is 7.21. The molecule has 19 heavy (non-hydrogen) atoms. The molecule has 102 valence electrons. The Hall–Kier alpha value is -1.52. The fraction of sp³-hybridized carbons (Fsp3) is 0.333. The second-order valence-corrected chi connectivity index (χ2v) is 5.49. The van der Waals surface area contributed by atoms with Crippen LogP contribution in [0.2, 0.25) is 0 Å². The Morgan fingerprint density at radius 2 is 1.89 bits per heavy atom. The zero-order valence-electron chi connectivity index (χ0n) is 11.3. The zero-order chi connectivity index (χ0) is 13.7. The first kappa shape index (κ1) is 13.9. The van der Waals surface area contributed by atoms with Gasteiger partial charge >= 0.3 is 0 Å². The molecule has 1 heterocycles. The molecule has 0 aliphatic heterocycles. The Morgan fingerprint density at radius 3 is 2.47 bits per heavy atom. The highest BCUT2D eigenvalue weighted by molar-refractivity contribution is 7.12. The maximum absolute atomic E-state index is 6.01. The van der Waals surface area contributed by atoms with Gasteiger partial charge in [0.25, 0.3) is 0 Å². The Kier molecular flexibility index (Phi) is 4.82. The van der Waals surface area contributed by atoms with Gasteiger partial charge in [0, 0.05) is 16.3 Å². The normalized spacial score (nSPS) is 12.2. The van der Waals surface area contributed by atoms with E-state index in [1.165, 1.54) is 4.88 Å². The lowest BCUT2D eigenvalue weighted by atomic mass is 10.2. The molecule has 0 saturated carbocycles. The number of para-hydroxylation sites is 2. The number of benzene rings is 1. The highest BCUT2D eigenvalue weighted by Crippen LogP contribution is 2.32. The van der Waals surface area contributed by atoms with Gasteiger partial charge in [0.1, 0.15) is 6.10 Å². The summed E-state index contributed by atoms with van der Waals surface area (Å²) < 4.78 is 11.6. The molecule has 1 atom stereocenters. The predicted molar refractivity (Wildman–Crippen MR) is 79.1 cm³/mol. The van der Waals surface area contributed by atoms with E-state index < -0.39 is 0 Å². The van der Waals surface area contributed by atoms with Gasteiger partial charge in [-0.15, -0.1) is 11.3 Å². The van der Waals surface area contributed by atoms with E-state index in [1.807, 2.05) is 31.2 Å². The second kappa shape index (κ2) is 6.59. The number of hydrogen-bond donors (Lipinski definition) is 1. The Morgan fingerprint density at radius 1 is 1.16 bits per heavy atom. The highest BCUT2D eigenvalue weighted by Gasteiger charge is 2.15. The van der Waals surface area contributed by atoms with Gasteiger partial charge in [0.15, 0.2) is 11.5 Å². The van der Waals surface area contributed by atoms with Crippen LogP contribution in [-0.2, 0) is 0 Å². The molecule has 0 spiro atoms. The summed E-state index contributed by atoms with van der Waals surface area (Å²) in [5.41, 5.74) is 5.83. The minimum Gasteiger partial charge on any atom is -0.490 e. The van der Waals surface area contributed by atoms with Gasteiger partial charge in [-0.1, -0.05) is 12.1 Å². The van der Waals surface area contributed by atoms with E-state index in [1.54, 1.807) is 11.3 Å². The average Bonchev–Trinajstić information content (AvgIpc) is 2.84. The summed E-state index contributed by atoms with van der Waals surface area (Å²) in [5, 5.41) is 0. The Bertz CT molecular complexity index is 524. The van der Waals surface area contributed by atoms with Gasteiger partial charge in [-0.25, -0.2) is 0 Å². The van der Waals surface area contributed by atoms with E-state index >= 15 is 0 Å². The van der Waals surface area contributed by atoms with Crippen molar-refractivity contribution in [2.75, 3.05) is 13.2 Å². The number of nitrogens with two attached hydrogens (primary N) is 1. The Balaban J connectivity index is 2.18. The SMILES string of the molecule is CCOc1ccccc1OC(CN)c1ccc(C)s1. The van der Waals surface area contributed by atoms with Gasteiger partial charge in [-0.2, -0.15) is 0 Å². The summed E-state index contributed by atoms with van der Waals surface area (Å²) >= 11 is 1.71. The third kappa shape index (κ3) is 3.49. The maximum Gasteiger partial charge on any atom is 0.162 e. The van der Waals surface area contributed by atoms with Crippen LogP contribution in [0.4, 0.5) is 0 Å². The first-order valence-electron chi connectivity index (χ1n) is 6.39. The monoisotopic (exact) mass is 277 g/mol. The van der Waals surface area contributed by atoms with Crippen LogP contribution in [0.15, 0.2) is 36.4 Å². The molecule has 0 bridgehead atoms. The van der Waals surface area contributed by atoms with E-state index in [2.05, 4.69) is 19.1 Å².